The molecule has 4 nitrogen and oxygen atoms in total. The molecule has 0 fully saturated rings. The highest BCUT2D eigenvalue weighted by atomic mass is 15.3. The van der Waals surface area contributed by atoms with Crippen molar-refractivity contribution in [1.82, 2.24) is 14.6 Å². The summed E-state index contributed by atoms with van der Waals surface area (Å²) in [6, 6.07) is 20.7. The Kier molecular flexibility index (Phi) is 3.73. The molecule has 0 radical (unpaired) electrons. The van der Waals surface area contributed by atoms with Crippen molar-refractivity contribution in [3.63, 3.8) is 0 Å². The number of fused-ring (bicyclic) bond motifs is 1. The Morgan fingerprint density at radius 2 is 1.60 bits per heavy atom. The van der Waals surface area contributed by atoms with Crippen LogP contribution < -0.4 is 5.32 Å². The first-order valence-electron chi connectivity index (χ1n) is 8.38. The molecule has 0 unspecified atom stereocenters. The lowest BCUT2D eigenvalue weighted by Gasteiger charge is -2.10. The molecule has 2 aromatic heterocycles. The molecule has 124 valence electrons. The predicted molar refractivity (Wildman–Crippen MR) is 102 cm³/mol. The highest BCUT2D eigenvalue weighted by Crippen LogP contribution is 2.29. The fraction of sp³-hybridized carbons (Fsp3) is 0.143. The van der Waals surface area contributed by atoms with Gasteiger partial charge in [0.05, 0.1) is 5.69 Å². The van der Waals surface area contributed by atoms with Crippen molar-refractivity contribution in [3.05, 3.63) is 77.6 Å². The first kappa shape index (κ1) is 15.4. The van der Waals surface area contributed by atoms with E-state index in [2.05, 4.69) is 48.6 Å². The number of hydrogen-bond acceptors (Lipinski definition) is 3. The van der Waals surface area contributed by atoms with Gasteiger partial charge < -0.3 is 5.32 Å². The van der Waals surface area contributed by atoms with Gasteiger partial charge in [-0.1, -0.05) is 48.0 Å². The van der Waals surface area contributed by atoms with Gasteiger partial charge in [0.2, 0.25) is 0 Å². The summed E-state index contributed by atoms with van der Waals surface area (Å²) < 4.78 is 1.89. The Morgan fingerprint density at radius 1 is 0.880 bits per heavy atom. The number of aromatic nitrogens is 3. The van der Waals surface area contributed by atoms with Crippen LogP contribution in [-0.2, 0) is 0 Å². The van der Waals surface area contributed by atoms with Crippen molar-refractivity contribution in [3.8, 4) is 11.1 Å². The van der Waals surface area contributed by atoms with Gasteiger partial charge in [0.1, 0.15) is 5.82 Å². The number of nitrogens with one attached hydrogen (secondary N) is 1. The minimum atomic E-state index is 0.873. The van der Waals surface area contributed by atoms with E-state index in [1.165, 1.54) is 5.56 Å². The Labute approximate surface area is 147 Å². The van der Waals surface area contributed by atoms with E-state index >= 15 is 0 Å². The topological polar surface area (TPSA) is 42.2 Å². The zero-order chi connectivity index (χ0) is 17.4. The molecule has 0 aliphatic carbocycles. The van der Waals surface area contributed by atoms with Gasteiger partial charge in [-0.3, -0.25) is 0 Å². The summed E-state index contributed by atoms with van der Waals surface area (Å²) in [7, 11) is 0. The molecule has 0 saturated heterocycles. The summed E-state index contributed by atoms with van der Waals surface area (Å²) in [6.45, 7) is 6.13. The maximum absolute atomic E-state index is 4.75. The van der Waals surface area contributed by atoms with Gasteiger partial charge in [-0.15, -0.1) is 0 Å². The summed E-state index contributed by atoms with van der Waals surface area (Å²) in [5, 5.41) is 8.20. The largest absolute Gasteiger partial charge is 0.340 e. The van der Waals surface area contributed by atoms with Gasteiger partial charge in [-0.05, 0) is 38.5 Å². The third-order valence-corrected chi connectivity index (χ3v) is 4.28. The first-order chi connectivity index (χ1) is 12.1. The molecule has 2 aromatic carbocycles. The molecular formula is C21H20N4. The van der Waals surface area contributed by atoms with E-state index in [9.17, 15) is 0 Å². The van der Waals surface area contributed by atoms with Crippen molar-refractivity contribution in [2.24, 2.45) is 0 Å². The molecule has 0 aliphatic heterocycles. The van der Waals surface area contributed by atoms with Crippen LogP contribution in [0.3, 0.4) is 0 Å². The van der Waals surface area contributed by atoms with Crippen LogP contribution in [0.5, 0.6) is 0 Å². The predicted octanol–water partition coefficient (Wildman–Crippen LogP) is 5.07. The third kappa shape index (κ3) is 2.87. The second kappa shape index (κ2) is 6.06. The Morgan fingerprint density at radius 3 is 2.32 bits per heavy atom. The normalized spacial score (nSPS) is 11.0. The molecule has 2 heterocycles. The number of hydrogen-bond donors (Lipinski definition) is 1. The Bertz CT molecular complexity index is 1030. The van der Waals surface area contributed by atoms with Crippen LogP contribution in [0.15, 0.2) is 60.7 Å². The van der Waals surface area contributed by atoms with Crippen molar-refractivity contribution < 1.29 is 0 Å². The van der Waals surface area contributed by atoms with Crippen LogP contribution in [0.25, 0.3) is 16.8 Å². The maximum Gasteiger partial charge on any atom is 0.165 e. The van der Waals surface area contributed by atoms with Crippen LogP contribution in [0.2, 0.25) is 0 Å². The molecule has 0 spiro atoms. The Hall–Kier alpha value is -3.14. The van der Waals surface area contributed by atoms with Crippen LogP contribution in [-0.4, -0.2) is 14.6 Å². The summed E-state index contributed by atoms with van der Waals surface area (Å²) in [6.07, 6.45) is 0. The van der Waals surface area contributed by atoms with Gasteiger partial charge in [0, 0.05) is 23.0 Å². The lowest BCUT2D eigenvalue weighted by Crippen LogP contribution is -2.02. The molecule has 0 aliphatic rings. The lowest BCUT2D eigenvalue weighted by atomic mass is 10.1. The number of rotatable bonds is 3. The molecule has 25 heavy (non-hydrogen) atoms. The second-order valence-electron chi connectivity index (χ2n) is 6.34. The zero-order valence-electron chi connectivity index (χ0n) is 14.6. The summed E-state index contributed by atoms with van der Waals surface area (Å²) in [5.41, 5.74) is 7.29. The Balaban J connectivity index is 1.87. The SMILES string of the molecule is Cc1ccc(Nc2cc(C)nc3c(-c4ccccc4)c(C)nn23)cc1. The number of aryl methyl sites for hydroxylation is 3. The summed E-state index contributed by atoms with van der Waals surface area (Å²) >= 11 is 0. The van der Waals surface area contributed by atoms with Crippen molar-refractivity contribution in [2.75, 3.05) is 5.32 Å². The number of benzene rings is 2. The van der Waals surface area contributed by atoms with Crippen LogP contribution >= 0.6 is 0 Å². The van der Waals surface area contributed by atoms with E-state index in [1.54, 1.807) is 0 Å². The third-order valence-electron chi connectivity index (χ3n) is 4.28. The average Bonchev–Trinajstić information content (AvgIpc) is 2.94. The van der Waals surface area contributed by atoms with Crippen molar-refractivity contribution >= 4 is 17.2 Å². The van der Waals surface area contributed by atoms with Gasteiger partial charge in [0.25, 0.3) is 0 Å². The molecule has 0 atom stereocenters. The van der Waals surface area contributed by atoms with Gasteiger partial charge in [-0.25, -0.2) is 4.98 Å². The molecule has 0 amide bonds. The zero-order valence-corrected chi connectivity index (χ0v) is 14.6. The molecule has 4 aromatic rings. The minimum Gasteiger partial charge on any atom is -0.340 e. The van der Waals surface area contributed by atoms with E-state index in [0.717, 1.165) is 39.7 Å². The second-order valence-corrected chi connectivity index (χ2v) is 6.34. The molecule has 0 saturated carbocycles. The van der Waals surface area contributed by atoms with Gasteiger partial charge in [0.15, 0.2) is 5.65 Å². The number of anilines is 2. The minimum absolute atomic E-state index is 0.873. The highest BCUT2D eigenvalue weighted by molar-refractivity contribution is 5.81. The summed E-state index contributed by atoms with van der Waals surface area (Å²) in [4.78, 5) is 4.75. The molecule has 4 heteroatoms. The van der Waals surface area contributed by atoms with Crippen molar-refractivity contribution in [2.45, 2.75) is 20.8 Å². The average molecular weight is 328 g/mol. The lowest BCUT2D eigenvalue weighted by molar-refractivity contribution is 0.917. The van der Waals surface area contributed by atoms with Crippen LogP contribution in [0.1, 0.15) is 17.0 Å². The van der Waals surface area contributed by atoms with Gasteiger partial charge in [-0.2, -0.15) is 9.61 Å². The standard InChI is InChI=1S/C21H20N4/c1-14-9-11-18(12-10-14)23-19-13-15(2)22-21-20(16(3)24-25(19)21)17-7-5-4-6-8-17/h4-13,23H,1-3H3. The molecular weight excluding hydrogens is 308 g/mol. The smallest absolute Gasteiger partial charge is 0.165 e. The van der Waals surface area contributed by atoms with Crippen LogP contribution in [0, 0.1) is 20.8 Å². The van der Waals surface area contributed by atoms with Crippen molar-refractivity contribution in [1.29, 1.82) is 0 Å². The molecule has 4 rings (SSSR count). The molecule has 0 bridgehead atoms. The maximum atomic E-state index is 4.75. The fourth-order valence-electron chi connectivity index (χ4n) is 3.06. The van der Waals surface area contributed by atoms with E-state index in [0.29, 0.717) is 0 Å². The van der Waals surface area contributed by atoms with E-state index < -0.39 is 0 Å². The fourth-order valence-corrected chi connectivity index (χ4v) is 3.06. The quantitative estimate of drug-likeness (QED) is 0.571. The van der Waals surface area contributed by atoms with E-state index in [1.807, 2.05) is 42.6 Å². The van der Waals surface area contributed by atoms with E-state index in [-0.39, 0.29) is 0 Å². The van der Waals surface area contributed by atoms with Crippen LogP contribution in [0.4, 0.5) is 11.5 Å². The monoisotopic (exact) mass is 328 g/mol. The number of nitrogens with zero attached hydrogens (tertiary/aromatic N) is 3. The molecule has 1 N–H and O–H groups in total. The van der Waals surface area contributed by atoms with Gasteiger partial charge >= 0.3 is 0 Å². The first-order valence-corrected chi connectivity index (χ1v) is 8.38. The van der Waals surface area contributed by atoms with E-state index in [4.69, 9.17) is 10.1 Å². The summed E-state index contributed by atoms with van der Waals surface area (Å²) in [5.74, 6) is 0.914. The highest BCUT2D eigenvalue weighted by Gasteiger charge is 2.15.